The second-order valence-corrected chi connectivity index (χ2v) is 13.5. The first kappa shape index (κ1) is 31.0. The second kappa shape index (κ2) is 11.9. The SMILES string of the molecule is CC(=O)Nc1ccc([As](=O)(O)O)c(O)c1.CC1(C)OB(c2ccc(N)c(NC(=O)c3ccccc3)c2)OC1(C)C. The molecular formula is C27H33AsBN3O8. The molecule has 11 nitrogen and oxygen atoms in total. The molecule has 1 heterocycles. The number of hydrogen-bond donors (Lipinski definition) is 6. The quantitative estimate of drug-likeness (QED) is 0.185. The average Bonchev–Trinajstić information content (AvgIpc) is 3.07. The van der Waals surface area contributed by atoms with Crippen LogP contribution in [0.3, 0.4) is 0 Å². The Kier molecular flexibility index (Phi) is 9.23. The molecule has 3 aromatic rings. The number of nitrogens with one attached hydrogen (secondary N) is 2. The van der Waals surface area contributed by atoms with Crippen molar-refractivity contribution in [2.45, 2.75) is 45.8 Å². The van der Waals surface area contributed by atoms with E-state index in [0.29, 0.717) is 16.9 Å². The van der Waals surface area contributed by atoms with Gasteiger partial charge in [0, 0.05) is 5.56 Å². The summed E-state index contributed by atoms with van der Waals surface area (Å²) < 4.78 is 40.3. The van der Waals surface area contributed by atoms with Crippen molar-refractivity contribution in [1.29, 1.82) is 0 Å². The van der Waals surface area contributed by atoms with Gasteiger partial charge in [-0.25, -0.2) is 0 Å². The topological polar surface area (TPSA) is 180 Å². The molecule has 4 rings (SSSR count). The van der Waals surface area contributed by atoms with Crippen molar-refractivity contribution in [3.8, 4) is 5.75 Å². The molecule has 212 valence electrons. The summed E-state index contributed by atoms with van der Waals surface area (Å²) in [7, 11) is -0.502. The molecule has 13 heteroatoms. The largest absolute Gasteiger partial charge is 0.494 e. The summed E-state index contributed by atoms with van der Waals surface area (Å²) in [6.45, 7) is 9.30. The third-order valence-electron chi connectivity index (χ3n) is 6.50. The fourth-order valence-electron chi connectivity index (χ4n) is 3.64. The van der Waals surface area contributed by atoms with Crippen LogP contribution in [0.15, 0.2) is 66.7 Å². The molecule has 40 heavy (non-hydrogen) atoms. The first-order valence-electron chi connectivity index (χ1n) is 12.3. The van der Waals surface area contributed by atoms with Gasteiger partial charge in [0.15, 0.2) is 0 Å². The van der Waals surface area contributed by atoms with E-state index in [1.807, 2.05) is 52.0 Å². The summed E-state index contributed by atoms with van der Waals surface area (Å²) in [6, 6.07) is 17.9. The molecule has 1 aliphatic rings. The molecule has 0 radical (unpaired) electrons. The van der Waals surface area contributed by atoms with Crippen LogP contribution in [-0.4, -0.2) is 57.6 Å². The Bertz CT molecular complexity index is 1430. The Hall–Kier alpha value is -3.54. The van der Waals surface area contributed by atoms with E-state index in [0.717, 1.165) is 17.6 Å². The summed E-state index contributed by atoms with van der Waals surface area (Å²) in [6.07, 6.45) is 0. The van der Waals surface area contributed by atoms with Gasteiger partial charge in [0.25, 0.3) is 5.91 Å². The predicted octanol–water partition coefficient (Wildman–Crippen LogP) is 1.73. The van der Waals surface area contributed by atoms with Gasteiger partial charge in [-0.15, -0.1) is 0 Å². The van der Waals surface area contributed by atoms with E-state index in [-0.39, 0.29) is 17.5 Å². The monoisotopic (exact) mass is 613 g/mol. The molecule has 0 aromatic heterocycles. The Balaban J connectivity index is 0.000000252. The van der Waals surface area contributed by atoms with Gasteiger partial charge in [0.1, 0.15) is 0 Å². The van der Waals surface area contributed by atoms with Crippen molar-refractivity contribution in [1.82, 2.24) is 0 Å². The van der Waals surface area contributed by atoms with E-state index in [2.05, 4.69) is 10.6 Å². The van der Waals surface area contributed by atoms with Crippen molar-refractivity contribution in [2.24, 2.45) is 0 Å². The van der Waals surface area contributed by atoms with E-state index in [4.69, 9.17) is 23.2 Å². The van der Waals surface area contributed by atoms with Gasteiger partial charge in [-0.1, -0.05) is 24.3 Å². The van der Waals surface area contributed by atoms with Crippen molar-refractivity contribution in [2.75, 3.05) is 16.4 Å². The fourth-order valence-corrected chi connectivity index (χ4v) is 4.97. The Morgan fingerprint density at radius 1 is 0.900 bits per heavy atom. The van der Waals surface area contributed by atoms with E-state index >= 15 is 0 Å². The number of rotatable bonds is 5. The van der Waals surface area contributed by atoms with Crippen LogP contribution < -0.4 is 26.2 Å². The molecule has 0 spiro atoms. The number of amides is 2. The van der Waals surface area contributed by atoms with Gasteiger partial charge in [-0.3, -0.25) is 4.79 Å². The van der Waals surface area contributed by atoms with Gasteiger partial charge >= 0.3 is 95.3 Å². The first-order valence-corrected chi connectivity index (χ1v) is 15.7. The number of anilines is 3. The van der Waals surface area contributed by atoms with E-state index in [1.165, 1.54) is 13.0 Å². The van der Waals surface area contributed by atoms with Crippen molar-refractivity contribution >= 4 is 60.0 Å². The van der Waals surface area contributed by atoms with Crippen LogP contribution in [0.5, 0.6) is 5.75 Å². The van der Waals surface area contributed by atoms with Gasteiger partial charge in [0.2, 0.25) is 0 Å². The van der Waals surface area contributed by atoms with Gasteiger partial charge in [0.05, 0.1) is 22.6 Å². The van der Waals surface area contributed by atoms with E-state index in [1.54, 1.807) is 24.3 Å². The summed E-state index contributed by atoms with van der Waals surface area (Å²) in [5.74, 6) is -1.06. The maximum absolute atomic E-state index is 12.4. The minimum absolute atomic E-state index is 0.210. The first-order chi connectivity index (χ1) is 18.5. The molecule has 1 saturated heterocycles. The fraction of sp³-hybridized carbons (Fsp3) is 0.259. The zero-order valence-corrected chi connectivity index (χ0v) is 24.7. The summed E-state index contributed by atoms with van der Waals surface area (Å²) in [5.41, 5.74) is 7.88. The second-order valence-electron chi connectivity index (χ2n) is 10.2. The number of benzene rings is 3. The van der Waals surface area contributed by atoms with Crippen molar-refractivity contribution in [3.63, 3.8) is 0 Å². The van der Waals surface area contributed by atoms with E-state index in [9.17, 15) is 18.4 Å². The molecule has 0 atom stereocenters. The number of carbonyl (C=O) groups is 2. The molecule has 0 bridgehead atoms. The number of phenolic OH excluding ortho intramolecular Hbond substituents is 1. The zero-order valence-electron chi connectivity index (χ0n) is 22.8. The molecule has 0 saturated carbocycles. The number of carbonyl (C=O) groups excluding carboxylic acids is 2. The molecule has 1 aliphatic heterocycles. The number of hydrogen-bond acceptors (Lipinski definition) is 7. The number of nitrogen functional groups attached to an aromatic ring is 1. The summed E-state index contributed by atoms with van der Waals surface area (Å²) >= 11 is -5.09. The van der Waals surface area contributed by atoms with Gasteiger partial charge in [-0.05, 0) is 57.4 Å². The molecule has 0 aliphatic carbocycles. The molecule has 3 aromatic carbocycles. The molecular weight excluding hydrogens is 580 g/mol. The van der Waals surface area contributed by atoms with E-state index < -0.39 is 42.6 Å². The standard InChI is InChI=1S/C19H23BN2O3.C8H10AsNO5/c1-18(2)19(3,4)25-20(24-18)14-10-11-15(21)16(12-14)22-17(23)13-8-6-5-7-9-13;1-5(11)10-6-2-3-7(8(12)4-6)9(13,14)15/h5-12H,21H2,1-4H3,(H,22,23);2-4,12H,1H3,(H,10,11)(H2,13,14,15). The average molecular weight is 613 g/mol. The third-order valence-corrected chi connectivity index (χ3v) is 8.61. The van der Waals surface area contributed by atoms with Crippen LogP contribution in [0.4, 0.5) is 17.1 Å². The summed E-state index contributed by atoms with van der Waals surface area (Å²) in [4.78, 5) is 23.0. The Labute approximate surface area is 235 Å². The molecule has 1 fully saturated rings. The van der Waals surface area contributed by atoms with Gasteiger partial charge < -0.3 is 20.4 Å². The Morgan fingerprint density at radius 2 is 1.50 bits per heavy atom. The smallest absolute Gasteiger partial charge is 0.399 e. The van der Waals surface area contributed by atoms with Crippen LogP contribution in [0.25, 0.3) is 0 Å². The zero-order chi connectivity index (χ0) is 29.9. The number of nitrogens with two attached hydrogens (primary N) is 1. The predicted molar refractivity (Wildman–Crippen MR) is 154 cm³/mol. The van der Waals surface area contributed by atoms with Gasteiger partial charge in [-0.2, -0.15) is 0 Å². The minimum Gasteiger partial charge on any atom is -0.399 e. The van der Waals surface area contributed by atoms with Crippen molar-refractivity contribution < 1.29 is 35.9 Å². The number of aromatic hydroxyl groups is 1. The van der Waals surface area contributed by atoms with Crippen LogP contribution in [-0.2, 0) is 17.8 Å². The maximum Gasteiger partial charge on any atom is 0.494 e. The minimum atomic E-state index is -5.09. The molecule has 2 amide bonds. The third kappa shape index (κ3) is 7.56. The van der Waals surface area contributed by atoms with Crippen LogP contribution in [0, 0.1) is 0 Å². The Morgan fingerprint density at radius 3 is 2.02 bits per heavy atom. The van der Waals surface area contributed by atoms with Crippen LogP contribution in [0.1, 0.15) is 45.0 Å². The summed E-state index contributed by atoms with van der Waals surface area (Å²) in [5, 5.41) is 14.5. The normalized spacial score (nSPS) is 15.5. The van der Waals surface area contributed by atoms with Crippen LogP contribution >= 0.6 is 0 Å². The maximum atomic E-state index is 12.4. The molecule has 0 unspecified atom stereocenters. The molecule has 7 N–H and O–H groups in total. The number of phenols is 1. The van der Waals surface area contributed by atoms with Crippen LogP contribution in [0.2, 0.25) is 0 Å². The van der Waals surface area contributed by atoms with Crippen molar-refractivity contribution in [3.05, 3.63) is 72.3 Å².